The topological polar surface area (TPSA) is 34.1 Å². The lowest BCUT2D eigenvalue weighted by Crippen LogP contribution is -2.38. The highest BCUT2D eigenvalue weighted by Gasteiger charge is 2.44. The average Bonchev–Trinajstić information content (AvgIpc) is 2.61. The summed E-state index contributed by atoms with van der Waals surface area (Å²) >= 11 is 3.52. The van der Waals surface area contributed by atoms with Crippen LogP contribution in [0.4, 0.5) is 0 Å². The average molecular weight is 287 g/mol. The molecular weight excluding hydrogens is 268 g/mol. The molecule has 3 heteroatoms. The quantitative estimate of drug-likeness (QED) is 0.641. The first-order valence-electron chi connectivity index (χ1n) is 6.10. The molecule has 2 saturated carbocycles. The van der Waals surface area contributed by atoms with E-state index in [0.717, 1.165) is 19.3 Å². The van der Waals surface area contributed by atoms with Crippen molar-refractivity contribution in [2.45, 2.75) is 50.8 Å². The summed E-state index contributed by atoms with van der Waals surface area (Å²) in [6.07, 6.45) is 4.20. The number of hydrogen-bond acceptors (Lipinski definition) is 2. The van der Waals surface area contributed by atoms with Crippen molar-refractivity contribution in [2.24, 2.45) is 17.3 Å². The van der Waals surface area contributed by atoms with Crippen LogP contribution in [-0.2, 0) is 9.59 Å². The standard InChI is InChI=1S/C13H19BrO2/c1-13(2)6-10(15)8-4-3-5-9(8)12(14)11(16)7-13/h8-9,12H,3-7H2,1-2H3/t8-,9-,12+/m0/s1. The summed E-state index contributed by atoms with van der Waals surface area (Å²) < 4.78 is 0. The number of ketones is 2. The molecule has 2 fully saturated rings. The second kappa shape index (κ2) is 4.25. The highest BCUT2D eigenvalue weighted by Crippen LogP contribution is 2.43. The van der Waals surface area contributed by atoms with Crippen LogP contribution in [-0.4, -0.2) is 16.4 Å². The molecule has 2 aliphatic rings. The number of halogens is 1. The molecule has 0 aromatic heterocycles. The Bertz CT molecular complexity index is 322. The third-order valence-electron chi connectivity index (χ3n) is 3.97. The zero-order chi connectivity index (χ0) is 11.9. The van der Waals surface area contributed by atoms with Gasteiger partial charge in [-0.1, -0.05) is 36.2 Å². The van der Waals surface area contributed by atoms with Gasteiger partial charge in [-0.2, -0.15) is 0 Å². The maximum Gasteiger partial charge on any atom is 0.147 e. The monoisotopic (exact) mass is 286 g/mol. The molecule has 0 aromatic rings. The summed E-state index contributed by atoms with van der Waals surface area (Å²) in [6.45, 7) is 4.05. The third-order valence-corrected chi connectivity index (χ3v) is 5.16. The van der Waals surface area contributed by atoms with Gasteiger partial charge in [0.05, 0.1) is 4.83 Å². The maximum atomic E-state index is 12.2. The van der Waals surface area contributed by atoms with Crippen LogP contribution in [0.3, 0.4) is 0 Å². The summed E-state index contributed by atoms with van der Waals surface area (Å²) in [6, 6.07) is 0. The molecule has 0 amide bonds. The van der Waals surface area contributed by atoms with Gasteiger partial charge >= 0.3 is 0 Å². The number of rotatable bonds is 0. The van der Waals surface area contributed by atoms with Crippen LogP contribution in [0.5, 0.6) is 0 Å². The van der Waals surface area contributed by atoms with Gasteiger partial charge in [0.25, 0.3) is 0 Å². The summed E-state index contributed by atoms with van der Waals surface area (Å²) in [7, 11) is 0. The van der Waals surface area contributed by atoms with Crippen molar-refractivity contribution in [3.05, 3.63) is 0 Å². The molecule has 0 saturated heterocycles. The summed E-state index contributed by atoms with van der Waals surface area (Å²) in [5.41, 5.74) is -0.159. The molecule has 0 bridgehead atoms. The second-order valence-electron chi connectivity index (χ2n) is 6.05. The van der Waals surface area contributed by atoms with E-state index in [2.05, 4.69) is 15.9 Å². The molecule has 2 nitrogen and oxygen atoms in total. The van der Waals surface area contributed by atoms with E-state index in [1.54, 1.807) is 0 Å². The molecule has 0 aromatic carbocycles. The van der Waals surface area contributed by atoms with Crippen LogP contribution in [0.1, 0.15) is 46.0 Å². The van der Waals surface area contributed by atoms with Crippen molar-refractivity contribution in [1.29, 1.82) is 0 Å². The van der Waals surface area contributed by atoms with E-state index in [0.29, 0.717) is 18.6 Å². The molecule has 90 valence electrons. The van der Waals surface area contributed by atoms with E-state index in [4.69, 9.17) is 0 Å². The fourth-order valence-electron chi connectivity index (χ4n) is 3.21. The van der Waals surface area contributed by atoms with Crippen LogP contribution >= 0.6 is 15.9 Å². The third kappa shape index (κ3) is 2.24. The highest BCUT2D eigenvalue weighted by molar-refractivity contribution is 9.10. The van der Waals surface area contributed by atoms with Gasteiger partial charge in [-0.15, -0.1) is 0 Å². The normalized spacial score (nSPS) is 39.1. The Hall–Kier alpha value is -0.180. The number of carbonyl (C=O) groups is 2. The SMILES string of the molecule is CC1(C)CC(=O)[C@H]2CCC[C@@H]2[C@@H](Br)C(=O)C1. The zero-order valence-corrected chi connectivity index (χ0v) is 11.5. The Morgan fingerprint density at radius 2 is 1.75 bits per heavy atom. The predicted molar refractivity (Wildman–Crippen MR) is 66.6 cm³/mol. The van der Waals surface area contributed by atoms with Crippen molar-refractivity contribution in [3.8, 4) is 0 Å². The van der Waals surface area contributed by atoms with E-state index < -0.39 is 0 Å². The van der Waals surface area contributed by atoms with Crippen LogP contribution in [0.15, 0.2) is 0 Å². The Morgan fingerprint density at radius 3 is 2.44 bits per heavy atom. The Balaban J connectivity index is 2.27. The lowest BCUT2D eigenvalue weighted by molar-refractivity contribution is -0.130. The smallest absolute Gasteiger partial charge is 0.147 e. The minimum Gasteiger partial charge on any atom is -0.299 e. The van der Waals surface area contributed by atoms with Crippen LogP contribution in [0.25, 0.3) is 0 Å². The number of carbonyl (C=O) groups excluding carboxylic acids is 2. The molecule has 0 aliphatic heterocycles. The molecule has 0 unspecified atom stereocenters. The number of Topliss-reactive ketones (excluding diaryl/α,β-unsaturated/α-hetero) is 2. The Labute approximate surface area is 105 Å². The minimum absolute atomic E-state index is 0.0940. The Kier molecular flexibility index (Phi) is 3.26. The van der Waals surface area contributed by atoms with Gasteiger partial charge in [0, 0.05) is 18.8 Å². The number of fused-ring (bicyclic) bond motifs is 1. The highest BCUT2D eigenvalue weighted by atomic mass is 79.9. The van der Waals surface area contributed by atoms with Gasteiger partial charge in [0.15, 0.2) is 0 Å². The first-order valence-corrected chi connectivity index (χ1v) is 7.02. The molecular formula is C13H19BrO2. The lowest BCUT2D eigenvalue weighted by atomic mass is 9.73. The largest absolute Gasteiger partial charge is 0.299 e. The fraction of sp³-hybridized carbons (Fsp3) is 0.846. The summed E-state index contributed by atoms with van der Waals surface area (Å²) in [5.74, 6) is 1.06. The van der Waals surface area contributed by atoms with Gasteiger partial charge in [-0.25, -0.2) is 0 Å². The number of alkyl halides is 1. The van der Waals surface area contributed by atoms with Crippen LogP contribution in [0, 0.1) is 17.3 Å². The molecule has 0 radical (unpaired) electrons. The summed E-state index contributed by atoms with van der Waals surface area (Å²) in [4.78, 5) is 24.2. The van der Waals surface area contributed by atoms with E-state index in [1.165, 1.54) is 0 Å². The molecule has 16 heavy (non-hydrogen) atoms. The number of hydrogen-bond donors (Lipinski definition) is 0. The van der Waals surface area contributed by atoms with Crippen molar-refractivity contribution in [3.63, 3.8) is 0 Å². The predicted octanol–water partition coefficient (Wildman–Crippen LogP) is 3.12. The van der Waals surface area contributed by atoms with E-state index in [-0.39, 0.29) is 27.9 Å². The summed E-state index contributed by atoms with van der Waals surface area (Å²) in [5, 5.41) is 0. The molecule has 2 aliphatic carbocycles. The second-order valence-corrected chi connectivity index (χ2v) is 7.04. The maximum absolute atomic E-state index is 12.2. The fourth-order valence-corrected chi connectivity index (χ4v) is 4.01. The first kappa shape index (κ1) is 12.3. The molecule has 0 spiro atoms. The van der Waals surface area contributed by atoms with Gasteiger partial charge in [0.2, 0.25) is 0 Å². The van der Waals surface area contributed by atoms with Crippen molar-refractivity contribution < 1.29 is 9.59 Å². The molecule has 0 N–H and O–H groups in total. The van der Waals surface area contributed by atoms with Crippen molar-refractivity contribution in [2.75, 3.05) is 0 Å². The van der Waals surface area contributed by atoms with Gasteiger partial charge in [-0.3, -0.25) is 9.59 Å². The molecule has 2 rings (SSSR count). The van der Waals surface area contributed by atoms with Gasteiger partial charge in [0.1, 0.15) is 11.6 Å². The Morgan fingerprint density at radius 1 is 1.12 bits per heavy atom. The van der Waals surface area contributed by atoms with Crippen molar-refractivity contribution in [1.82, 2.24) is 0 Å². The molecule has 3 atom stereocenters. The molecule has 0 heterocycles. The lowest BCUT2D eigenvalue weighted by Gasteiger charge is -2.33. The van der Waals surface area contributed by atoms with Crippen LogP contribution in [0.2, 0.25) is 0 Å². The van der Waals surface area contributed by atoms with E-state index in [1.807, 2.05) is 13.8 Å². The zero-order valence-electron chi connectivity index (χ0n) is 9.96. The van der Waals surface area contributed by atoms with Gasteiger partial charge < -0.3 is 0 Å². The first-order chi connectivity index (χ1) is 7.41. The van der Waals surface area contributed by atoms with E-state index >= 15 is 0 Å². The minimum atomic E-state index is -0.159. The van der Waals surface area contributed by atoms with Gasteiger partial charge in [-0.05, 0) is 24.2 Å². The van der Waals surface area contributed by atoms with Crippen LogP contribution < -0.4 is 0 Å². The van der Waals surface area contributed by atoms with E-state index in [9.17, 15) is 9.59 Å². The van der Waals surface area contributed by atoms with Crippen molar-refractivity contribution >= 4 is 27.5 Å².